The van der Waals surface area contributed by atoms with Crippen LogP contribution in [0.25, 0.3) is 0 Å². The Hall–Kier alpha value is -1.13. The van der Waals surface area contributed by atoms with Crippen molar-refractivity contribution < 1.29 is 13.2 Å². The van der Waals surface area contributed by atoms with Crippen molar-refractivity contribution in [2.45, 2.75) is 31.9 Å². The molecule has 1 aromatic heterocycles. The molecule has 2 nitrogen and oxygen atoms in total. The number of alkyl halides is 3. The lowest BCUT2D eigenvalue weighted by Gasteiger charge is -2.08. The van der Waals surface area contributed by atoms with Gasteiger partial charge in [-0.3, -0.25) is 0 Å². The van der Waals surface area contributed by atoms with Crippen LogP contribution in [-0.4, -0.2) is 9.97 Å². The number of hydrogen-bond acceptors (Lipinski definition) is 2. The van der Waals surface area contributed by atoms with Gasteiger partial charge < -0.3 is 0 Å². The normalized spacial score (nSPS) is 17.1. The molecular formula is C9H9F3N2. The Morgan fingerprint density at radius 2 is 2.00 bits per heavy atom. The van der Waals surface area contributed by atoms with Crippen molar-refractivity contribution in [1.29, 1.82) is 0 Å². The van der Waals surface area contributed by atoms with Crippen LogP contribution in [0.3, 0.4) is 0 Å². The summed E-state index contributed by atoms with van der Waals surface area (Å²) in [5, 5.41) is 0. The maximum absolute atomic E-state index is 12.3. The van der Waals surface area contributed by atoms with Crippen LogP contribution in [0.1, 0.15) is 35.8 Å². The third-order valence-corrected chi connectivity index (χ3v) is 2.23. The largest absolute Gasteiger partial charge is 0.451 e. The van der Waals surface area contributed by atoms with E-state index in [1.165, 1.54) is 6.20 Å². The van der Waals surface area contributed by atoms with Gasteiger partial charge in [0.25, 0.3) is 0 Å². The van der Waals surface area contributed by atoms with Crippen molar-refractivity contribution in [2.75, 3.05) is 0 Å². The minimum Gasteiger partial charge on any atom is -0.233 e. The molecule has 0 atom stereocenters. The summed E-state index contributed by atoms with van der Waals surface area (Å²) in [6, 6.07) is 0. The average molecular weight is 202 g/mol. The van der Waals surface area contributed by atoms with E-state index in [2.05, 4.69) is 9.97 Å². The molecule has 0 bridgehead atoms. The molecule has 0 aliphatic heterocycles. The smallest absolute Gasteiger partial charge is 0.233 e. The lowest BCUT2D eigenvalue weighted by molar-refractivity contribution is -0.145. The quantitative estimate of drug-likeness (QED) is 0.699. The van der Waals surface area contributed by atoms with Crippen LogP contribution >= 0.6 is 0 Å². The van der Waals surface area contributed by atoms with Crippen molar-refractivity contribution in [3.05, 3.63) is 23.3 Å². The molecule has 1 aliphatic rings. The summed E-state index contributed by atoms with van der Waals surface area (Å²) in [5.74, 6) is -0.802. The first-order chi connectivity index (χ1) is 6.48. The lowest BCUT2D eigenvalue weighted by Crippen LogP contribution is -2.12. The number of halogens is 3. The Balaban J connectivity index is 2.40. The van der Waals surface area contributed by atoms with E-state index in [4.69, 9.17) is 0 Å². The van der Waals surface area contributed by atoms with Gasteiger partial charge in [-0.05, 0) is 25.3 Å². The van der Waals surface area contributed by atoms with E-state index < -0.39 is 12.0 Å². The van der Waals surface area contributed by atoms with Crippen LogP contribution < -0.4 is 0 Å². The van der Waals surface area contributed by atoms with E-state index in [9.17, 15) is 13.2 Å². The molecule has 0 spiro atoms. The molecule has 0 N–H and O–H groups in total. The third-order valence-electron chi connectivity index (χ3n) is 2.23. The predicted molar refractivity (Wildman–Crippen MR) is 43.7 cm³/mol. The average Bonchev–Trinajstić information content (AvgIpc) is 2.85. The Morgan fingerprint density at radius 3 is 2.50 bits per heavy atom. The first-order valence-electron chi connectivity index (χ1n) is 4.39. The summed E-state index contributed by atoms with van der Waals surface area (Å²) in [7, 11) is 0. The van der Waals surface area contributed by atoms with Gasteiger partial charge in [-0.25, -0.2) is 9.97 Å². The van der Waals surface area contributed by atoms with Crippen molar-refractivity contribution >= 4 is 0 Å². The van der Waals surface area contributed by atoms with Gasteiger partial charge in [0, 0.05) is 12.1 Å². The van der Waals surface area contributed by atoms with Gasteiger partial charge in [-0.2, -0.15) is 13.2 Å². The second-order valence-electron chi connectivity index (χ2n) is 3.53. The molecule has 1 heterocycles. The Kier molecular flexibility index (Phi) is 1.97. The van der Waals surface area contributed by atoms with Crippen molar-refractivity contribution in [3.63, 3.8) is 0 Å². The van der Waals surface area contributed by atoms with E-state index in [1.54, 1.807) is 6.92 Å². The molecule has 1 aromatic rings. The number of aromatic nitrogens is 2. The zero-order chi connectivity index (χ0) is 10.3. The highest BCUT2D eigenvalue weighted by atomic mass is 19.4. The number of hydrogen-bond donors (Lipinski definition) is 0. The van der Waals surface area contributed by atoms with Crippen LogP contribution in [0.2, 0.25) is 0 Å². The summed E-state index contributed by atoms with van der Waals surface area (Å²) in [4.78, 5) is 6.85. The Labute approximate surface area is 79.2 Å². The molecular weight excluding hydrogens is 193 g/mol. The second-order valence-corrected chi connectivity index (χ2v) is 3.53. The minimum atomic E-state index is -4.43. The maximum atomic E-state index is 12.3. The van der Waals surface area contributed by atoms with E-state index in [-0.39, 0.29) is 5.92 Å². The molecule has 1 saturated carbocycles. The molecule has 0 amide bonds. The van der Waals surface area contributed by atoms with Crippen molar-refractivity contribution in [1.82, 2.24) is 9.97 Å². The maximum Gasteiger partial charge on any atom is 0.451 e. The third kappa shape index (κ3) is 1.71. The van der Waals surface area contributed by atoms with Crippen LogP contribution in [0.15, 0.2) is 6.20 Å². The molecule has 14 heavy (non-hydrogen) atoms. The van der Waals surface area contributed by atoms with Crippen LogP contribution in [0, 0.1) is 6.92 Å². The Morgan fingerprint density at radius 1 is 1.36 bits per heavy atom. The van der Waals surface area contributed by atoms with Gasteiger partial charge in [-0.1, -0.05) is 0 Å². The van der Waals surface area contributed by atoms with Gasteiger partial charge in [0.05, 0.1) is 5.69 Å². The minimum absolute atomic E-state index is 0.221. The number of rotatable bonds is 1. The predicted octanol–water partition coefficient (Wildman–Crippen LogP) is 2.68. The molecule has 5 heteroatoms. The molecule has 2 rings (SSSR count). The molecule has 76 valence electrons. The highest BCUT2D eigenvalue weighted by molar-refractivity contribution is 5.24. The lowest BCUT2D eigenvalue weighted by atomic mass is 10.2. The summed E-state index contributed by atoms with van der Waals surface area (Å²) in [6.07, 6.45) is -1.30. The topological polar surface area (TPSA) is 25.8 Å². The van der Waals surface area contributed by atoms with E-state index >= 15 is 0 Å². The van der Waals surface area contributed by atoms with Crippen LogP contribution in [0.5, 0.6) is 0 Å². The van der Waals surface area contributed by atoms with Gasteiger partial charge >= 0.3 is 6.18 Å². The SMILES string of the molecule is Cc1cnc(C(F)(F)F)nc1C1CC1. The zero-order valence-electron chi connectivity index (χ0n) is 7.60. The fourth-order valence-electron chi connectivity index (χ4n) is 1.36. The molecule has 0 radical (unpaired) electrons. The van der Waals surface area contributed by atoms with Crippen LogP contribution in [-0.2, 0) is 6.18 Å². The van der Waals surface area contributed by atoms with Gasteiger partial charge in [0.15, 0.2) is 0 Å². The summed E-state index contributed by atoms with van der Waals surface area (Å²) < 4.78 is 36.8. The fourth-order valence-corrected chi connectivity index (χ4v) is 1.36. The van der Waals surface area contributed by atoms with Gasteiger partial charge in [-0.15, -0.1) is 0 Å². The molecule has 0 saturated heterocycles. The van der Waals surface area contributed by atoms with E-state index in [0.29, 0.717) is 5.69 Å². The fraction of sp³-hybridized carbons (Fsp3) is 0.556. The summed E-state index contributed by atoms with van der Waals surface area (Å²) in [6.45, 7) is 1.74. The zero-order valence-corrected chi connectivity index (χ0v) is 7.60. The standard InChI is InChI=1S/C9H9F3N2/c1-5-4-13-8(9(10,11)12)14-7(5)6-2-3-6/h4,6H,2-3H2,1H3. The van der Waals surface area contributed by atoms with E-state index in [0.717, 1.165) is 18.4 Å². The monoisotopic (exact) mass is 202 g/mol. The molecule has 0 aromatic carbocycles. The highest BCUT2D eigenvalue weighted by Gasteiger charge is 2.36. The second kappa shape index (κ2) is 2.93. The Bertz CT molecular complexity index is 356. The number of aryl methyl sites for hydroxylation is 1. The molecule has 1 fully saturated rings. The molecule has 0 unspecified atom stereocenters. The van der Waals surface area contributed by atoms with Crippen molar-refractivity contribution in [3.8, 4) is 0 Å². The molecule has 1 aliphatic carbocycles. The van der Waals surface area contributed by atoms with Crippen molar-refractivity contribution in [2.24, 2.45) is 0 Å². The summed E-state index contributed by atoms with van der Waals surface area (Å²) in [5.41, 5.74) is 1.31. The summed E-state index contributed by atoms with van der Waals surface area (Å²) >= 11 is 0. The van der Waals surface area contributed by atoms with Gasteiger partial charge in [0.1, 0.15) is 0 Å². The van der Waals surface area contributed by atoms with Gasteiger partial charge in [0.2, 0.25) is 5.82 Å². The number of nitrogens with zero attached hydrogens (tertiary/aromatic N) is 2. The first-order valence-corrected chi connectivity index (χ1v) is 4.39. The van der Waals surface area contributed by atoms with Crippen LogP contribution in [0.4, 0.5) is 13.2 Å². The highest BCUT2D eigenvalue weighted by Crippen LogP contribution is 2.41. The van der Waals surface area contributed by atoms with E-state index in [1.807, 2.05) is 0 Å². The first kappa shape index (κ1) is 9.43.